The largest absolute Gasteiger partial charge is 0.492 e. The van der Waals surface area contributed by atoms with E-state index in [1.807, 2.05) is 6.92 Å². The number of nitrogens with one attached hydrogen (secondary N) is 2. The lowest BCUT2D eigenvalue weighted by atomic mass is 10.0. The number of hydrogen-bond donors (Lipinski definition) is 2. The van der Waals surface area contributed by atoms with E-state index in [0.717, 1.165) is 0 Å². The number of carbonyl (C=O) groups excluding carboxylic acids is 3. The lowest BCUT2D eigenvalue weighted by molar-refractivity contribution is -0.122. The number of nitrogens with zero attached hydrogens (tertiary/aromatic N) is 1. The lowest BCUT2D eigenvalue weighted by Gasteiger charge is -2.36. The molecular formula is C25H22ClN3O4. The molecule has 0 spiro atoms. The fourth-order valence-electron chi connectivity index (χ4n) is 3.72. The first kappa shape index (κ1) is 22.4. The maximum absolute atomic E-state index is 13.5. The van der Waals surface area contributed by atoms with Gasteiger partial charge in [0.05, 0.1) is 40.7 Å². The molecule has 1 heterocycles. The van der Waals surface area contributed by atoms with Crippen molar-refractivity contribution in [2.45, 2.75) is 19.4 Å². The Morgan fingerprint density at radius 2 is 1.73 bits per heavy atom. The molecule has 0 saturated heterocycles. The Balaban J connectivity index is 1.66. The topological polar surface area (TPSA) is 87.7 Å². The van der Waals surface area contributed by atoms with E-state index in [1.165, 1.54) is 4.90 Å². The number of carbonyl (C=O) groups is 3. The summed E-state index contributed by atoms with van der Waals surface area (Å²) in [5.74, 6) is -0.827. The number of halogens is 1. The molecule has 3 aromatic rings. The van der Waals surface area contributed by atoms with Gasteiger partial charge in [-0.15, -0.1) is 0 Å². The van der Waals surface area contributed by atoms with Gasteiger partial charge in [-0.3, -0.25) is 19.3 Å². The zero-order valence-corrected chi connectivity index (χ0v) is 18.6. The Kier molecular flexibility index (Phi) is 6.60. The van der Waals surface area contributed by atoms with Gasteiger partial charge in [0.25, 0.3) is 5.91 Å². The van der Waals surface area contributed by atoms with Gasteiger partial charge in [0.1, 0.15) is 11.8 Å². The fourth-order valence-corrected chi connectivity index (χ4v) is 3.93. The molecule has 0 bridgehead atoms. The monoisotopic (exact) mass is 463 g/mol. The number of anilines is 3. The highest BCUT2D eigenvalue weighted by Crippen LogP contribution is 2.35. The number of fused-ring (bicyclic) bond motifs is 1. The normalized spacial score (nSPS) is 14.8. The van der Waals surface area contributed by atoms with Gasteiger partial charge in [-0.2, -0.15) is 0 Å². The summed E-state index contributed by atoms with van der Waals surface area (Å²) in [7, 11) is 0. The Hall–Kier alpha value is -3.84. The van der Waals surface area contributed by atoms with Gasteiger partial charge < -0.3 is 15.4 Å². The van der Waals surface area contributed by atoms with Crippen molar-refractivity contribution in [2.75, 3.05) is 22.1 Å². The molecule has 0 saturated carbocycles. The third-order valence-corrected chi connectivity index (χ3v) is 5.53. The SMILES string of the molecule is CCOc1ccccc1NC(=O)CC1C(=O)Nc2ccccc2N1C(=O)c1ccccc1Cl. The lowest BCUT2D eigenvalue weighted by Crippen LogP contribution is -2.52. The first-order valence-corrected chi connectivity index (χ1v) is 10.9. The molecule has 168 valence electrons. The van der Waals surface area contributed by atoms with E-state index in [4.69, 9.17) is 16.3 Å². The van der Waals surface area contributed by atoms with Crippen molar-refractivity contribution in [2.24, 2.45) is 0 Å². The van der Waals surface area contributed by atoms with Crippen LogP contribution in [0.3, 0.4) is 0 Å². The van der Waals surface area contributed by atoms with Crippen LogP contribution in [0.15, 0.2) is 72.8 Å². The Morgan fingerprint density at radius 1 is 1.03 bits per heavy atom. The molecule has 8 heteroatoms. The molecule has 3 aromatic carbocycles. The van der Waals surface area contributed by atoms with E-state index >= 15 is 0 Å². The van der Waals surface area contributed by atoms with Crippen LogP contribution in [0.1, 0.15) is 23.7 Å². The van der Waals surface area contributed by atoms with Gasteiger partial charge in [0.15, 0.2) is 0 Å². The van der Waals surface area contributed by atoms with Crippen molar-refractivity contribution in [3.63, 3.8) is 0 Å². The summed E-state index contributed by atoms with van der Waals surface area (Å²) in [4.78, 5) is 40.8. The smallest absolute Gasteiger partial charge is 0.260 e. The van der Waals surface area contributed by atoms with E-state index in [-0.39, 0.29) is 17.0 Å². The maximum Gasteiger partial charge on any atom is 0.260 e. The maximum atomic E-state index is 13.5. The summed E-state index contributed by atoms with van der Waals surface area (Å²) in [6, 6.07) is 19.5. The summed E-state index contributed by atoms with van der Waals surface area (Å²) < 4.78 is 5.55. The summed E-state index contributed by atoms with van der Waals surface area (Å²) in [6.07, 6.45) is -0.253. The number of hydrogen-bond acceptors (Lipinski definition) is 4. The molecule has 0 radical (unpaired) electrons. The van der Waals surface area contributed by atoms with Crippen molar-refractivity contribution in [1.82, 2.24) is 0 Å². The van der Waals surface area contributed by atoms with Crippen LogP contribution < -0.4 is 20.3 Å². The van der Waals surface area contributed by atoms with Crippen LogP contribution in [-0.2, 0) is 9.59 Å². The molecule has 1 atom stereocenters. The minimum atomic E-state index is -1.07. The van der Waals surface area contributed by atoms with E-state index in [1.54, 1.807) is 72.8 Å². The molecule has 0 aliphatic carbocycles. The average Bonchev–Trinajstić information content (AvgIpc) is 2.81. The van der Waals surface area contributed by atoms with Crippen molar-refractivity contribution in [1.29, 1.82) is 0 Å². The van der Waals surface area contributed by atoms with E-state index in [9.17, 15) is 14.4 Å². The zero-order valence-electron chi connectivity index (χ0n) is 17.9. The minimum absolute atomic E-state index is 0.246. The van der Waals surface area contributed by atoms with Gasteiger partial charge >= 0.3 is 0 Å². The number of para-hydroxylation sites is 4. The molecular weight excluding hydrogens is 442 g/mol. The van der Waals surface area contributed by atoms with E-state index in [0.29, 0.717) is 29.4 Å². The number of ether oxygens (including phenoxy) is 1. The molecule has 1 aliphatic heterocycles. The predicted octanol–water partition coefficient (Wildman–Crippen LogP) is 4.74. The molecule has 0 aromatic heterocycles. The second-order valence-electron chi connectivity index (χ2n) is 7.36. The molecule has 33 heavy (non-hydrogen) atoms. The summed E-state index contributed by atoms with van der Waals surface area (Å²) in [6.45, 7) is 2.29. The standard InChI is InChI=1S/C25H22ClN3O4/c1-2-33-22-14-8-6-12-19(22)27-23(30)15-21-24(31)28-18-11-5-7-13-20(18)29(21)25(32)16-9-3-4-10-17(16)26/h3-14,21H,2,15H2,1H3,(H,27,30)(H,28,31). The second kappa shape index (κ2) is 9.75. The van der Waals surface area contributed by atoms with Crippen LogP contribution in [0.25, 0.3) is 0 Å². The number of rotatable bonds is 6. The zero-order chi connectivity index (χ0) is 23.4. The quantitative estimate of drug-likeness (QED) is 0.553. The van der Waals surface area contributed by atoms with Gasteiger partial charge in [0.2, 0.25) is 11.8 Å². The van der Waals surface area contributed by atoms with Crippen LogP contribution in [0.5, 0.6) is 5.75 Å². The van der Waals surface area contributed by atoms with Crippen LogP contribution in [0, 0.1) is 0 Å². The minimum Gasteiger partial charge on any atom is -0.492 e. The van der Waals surface area contributed by atoms with Crippen molar-refractivity contribution in [3.8, 4) is 5.75 Å². The van der Waals surface area contributed by atoms with Crippen molar-refractivity contribution >= 4 is 46.4 Å². The van der Waals surface area contributed by atoms with Crippen LogP contribution in [-0.4, -0.2) is 30.4 Å². The number of benzene rings is 3. The van der Waals surface area contributed by atoms with Gasteiger partial charge in [-0.25, -0.2) is 0 Å². The summed E-state index contributed by atoms with van der Waals surface area (Å²) in [5, 5.41) is 5.84. The van der Waals surface area contributed by atoms with Gasteiger partial charge in [0, 0.05) is 0 Å². The molecule has 2 N–H and O–H groups in total. The molecule has 1 aliphatic rings. The van der Waals surface area contributed by atoms with Crippen molar-refractivity contribution in [3.05, 3.63) is 83.4 Å². The van der Waals surface area contributed by atoms with Gasteiger partial charge in [-0.05, 0) is 43.3 Å². The third kappa shape index (κ3) is 4.68. The molecule has 4 rings (SSSR count). The number of amides is 3. The van der Waals surface area contributed by atoms with Crippen LogP contribution >= 0.6 is 11.6 Å². The third-order valence-electron chi connectivity index (χ3n) is 5.20. The van der Waals surface area contributed by atoms with Crippen molar-refractivity contribution < 1.29 is 19.1 Å². The Morgan fingerprint density at radius 3 is 2.52 bits per heavy atom. The molecule has 0 fully saturated rings. The highest BCUT2D eigenvalue weighted by molar-refractivity contribution is 6.35. The first-order valence-electron chi connectivity index (χ1n) is 10.5. The summed E-state index contributed by atoms with van der Waals surface area (Å²) in [5.41, 5.74) is 1.72. The average molecular weight is 464 g/mol. The molecule has 1 unspecified atom stereocenters. The second-order valence-corrected chi connectivity index (χ2v) is 7.77. The van der Waals surface area contributed by atoms with E-state index in [2.05, 4.69) is 10.6 Å². The first-order chi connectivity index (χ1) is 16.0. The fraction of sp³-hybridized carbons (Fsp3) is 0.160. The predicted molar refractivity (Wildman–Crippen MR) is 128 cm³/mol. The Labute approximate surface area is 196 Å². The highest BCUT2D eigenvalue weighted by atomic mass is 35.5. The Bertz CT molecular complexity index is 1210. The highest BCUT2D eigenvalue weighted by Gasteiger charge is 2.39. The van der Waals surface area contributed by atoms with E-state index < -0.39 is 23.8 Å². The van der Waals surface area contributed by atoms with Crippen LogP contribution in [0.4, 0.5) is 17.1 Å². The van der Waals surface area contributed by atoms with Crippen LogP contribution in [0.2, 0.25) is 5.02 Å². The van der Waals surface area contributed by atoms with Gasteiger partial charge in [-0.1, -0.05) is 48.0 Å². The molecule has 3 amide bonds. The summed E-state index contributed by atoms with van der Waals surface area (Å²) >= 11 is 6.27. The molecule has 7 nitrogen and oxygen atoms in total.